The summed E-state index contributed by atoms with van der Waals surface area (Å²) in [5.74, 6) is 0.923. The fourth-order valence-electron chi connectivity index (χ4n) is 4.68. The van der Waals surface area contributed by atoms with Crippen LogP contribution in [-0.4, -0.2) is 23.0 Å². The average Bonchev–Trinajstić information content (AvgIpc) is 3.26. The van der Waals surface area contributed by atoms with Crippen molar-refractivity contribution in [3.63, 3.8) is 0 Å². The lowest BCUT2D eigenvalue weighted by molar-refractivity contribution is -0.121. The Kier molecular flexibility index (Phi) is 4.31. The number of nitrogens with one attached hydrogen (secondary N) is 3. The molecule has 2 heterocycles. The maximum absolute atomic E-state index is 12.9. The van der Waals surface area contributed by atoms with E-state index in [4.69, 9.17) is 4.74 Å². The first-order chi connectivity index (χ1) is 14.1. The van der Waals surface area contributed by atoms with Crippen molar-refractivity contribution in [2.24, 2.45) is 0 Å². The number of para-hydroxylation sites is 1. The van der Waals surface area contributed by atoms with Gasteiger partial charge in [-0.05, 0) is 61.6 Å². The summed E-state index contributed by atoms with van der Waals surface area (Å²) in [6, 6.07) is 14.3. The molecule has 0 saturated carbocycles. The van der Waals surface area contributed by atoms with E-state index >= 15 is 0 Å². The van der Waals surface area contributed by atoms with Gasteiger partial charge in [-0.15, -0.1) is 0 Å². The van der Waals surface area contributed by atoms with Crippen molar-refractivity contribution in [2.45, 2.75) is 38.6 Å². The molecule has 0 fully saturated rings. The van der Waals surface area contributed by atoms with Crippen LogP contribution in [0.15, 0.2) is 42.5 Å². The molecular weight excluding hydrogens is 362 g/mol. The molecule has 2 aromatic heterocycles. The Balaban J connectivity index is 1.41. The van der Waals surface area contributed by atoms with E-state index in [1.807, 2.05) is 25.1 Å². The molecule has 1 amide bonds. The summed E-state index contributed by atoms with van der Waals surface area (Å²) in [4.78, 5) is 19.9. The third-order valence-electron chi connectivity index (χ3n) is 6.11. The number of carbonyl (C=O) groups is 1. The normalized spacial score (nSPS) is 16.1. The van der Waals surface area contributed by atoms with Gasteiger partial charge in [0.25, 0.3) is 0 Å². The van der Waals surface area contributed by atoms with Crippen LogP contribution in [0.5, 0.6) is 5.75 Å². The summed E-state index contributed by atoms with van der Waals surface area (Å²) in [7, 11) is 1.69. The average molecular weight is 387 g/mol. The molecule has 0 spiro atoms. The van der Waals surface area contributed by atoms with Gasteiger partial charge in [0, 0.05) is 33.2 Å². The zero-order valence-electron chi connectivity index (χ0n) is 16.8. The van der Waals surface area contributed by atoms with E-state index < -0.39 is 0 Å². The van der Waals surface area contributed by atoms with Crippen LogP contribution in [0.1, 0.15) is 41.4 Å². The molecule has 0 saturated heterocycles. The van der Waals surface area contributed by atoms with Gasteiger partial charge in [-0.1, -0.05) is 18.2 Å². The number of methoxy groups -OCH3 is 1. The Labute approximate surface area is 169 Å². The third-order valence-corrected chi connectivity index (χ3v) is 6.11. The van der Waals surface area contributed by atoms with E-state index in [9.17, 15) is 4.79 Å². The number of hydrogen-bond acceptors (Lipinski definition) is 2. The first kappa shape index (κ1) is 17.9. The van der Waals surface area contributed by atoms with Crippen molar-refractivity contribution in [2.75, 3.05) is 7.11 Å². The van der Waals surface area contributed by atoms with Crippen molar-refractivity contribution in [1.82, 2.24) is 15.3 Å². The number of aromatic amines is 2. The number of amides is 1. The smallest absolute Gasteiger partial charge is 0.225 e. The second-order valence-electron chi connectivity index (χ2n) is 7.89. The van der Waals surface area contributed by atoms with Gasteiger partial charge in [-0.25, -0.2) is 0 Å². The Bertz CT molecular complexity index is 1220. The number of aromatic nitrogens is 2. The van der Waals surface area contributed by atoms with Crippen LogP contribution in [0.25, 0.3) is 21.8 Å². The highest BCUT2D eigenvalue weighted by Gasteiger charge is 2.26. The molecule has 1 aliphatic rings. The van der Waals surface area contributed by atoms with E-state index in [0.717, 1.165) is 58.4 Å². The van der Waals surface area contributed by atoms with E-state index in [0.29, 0.717) is 6.42 Å². The molecule has 5 nitrogen and oxygen atoms in total. The molecule has 2 aromatic carbocycles. The Morgan fingerprint density at radius 1 is 1.14 bits per heavy atom. The van der Waals surface area contributed by atoms with Gasteiger partial charge in [0.2, 0.25) is 5.91 Å². The topological polar surface area (TPSA) is 69.9 Å². The molecular formula is C24H25N3O2. The van der Waals surface area contributed by atoms with Crippen molar-refractivity contribution < 1.29 is 9.53 Å². The van der Waals surface area contributed by atoms with Crippen LogP contribution in [0, 0.1) is 6.92 Å². The maximum Gasteiger partial charge on any atom is 0.225 e. The largest absolute Gasteiger partial charge is 0.497 e. The van der Waals surface area contributed by atoms with Gasteiger partial charge in [-0.3, -0.25) is 4.79 Å². The minimum atomic E-state index is 0.0233. The van der Waals surface area contributed by atoms with Gasteiger partial charge < -0.3 is 20.0 Å². The molecule has 3 N–H and O–H groups in total. The zero-order chi connectivity index (χ0) is 20.0. The number of fused-ring (bicyclic) bond motifs is 4. The molecule has 0 bridgehead atoms. The molecule has 1 atom stereocenters. The van der Waals surface area contributed by atoms with Crippen molar-refractivity contribution in [3.8, 4) is 5.75 Å². The highest BCUT2D eigenvalue weighted by atomic mass is 16.5. The van der Waals surface area contributed by atoms with Crippen LogP contribution >= 0.6 is 0 Å². The maximum atomic E-state index is 12.9. The van der Waals surface area contributed by atoms with Crippen LogP contribution in [0.4, 0.5) is 0 Å². The first-order valence-electron chi connectivity index (χ1n) is 10.2. The van der Waals surface area contributed by atoms with Crippen molar-refractivity contribution in [3.05, 3.63) is 65.0 Å². The van der Waals surface area contributed by atoms with Crippen LogP contribution in [-0.2, 0) is 17.6 Å². The number of H-pyrrole nitrogens is 2. The summed E-state index contributed by atoms with van der Waals surface area (Å²) < 4.78 is 5.39. The van der Waals surface area contributed by atoms with E-state index in [1.54, 1.807) is 7.11 Å². The summed E-state index contributed by atoms with van der Waals surface area (Å²) in [6.07, 6.45) is 3.43. The SMILES string of the molecule is COc1ccc2[nH]c3c(c2c1)CCCC3NC(=O)Cc1c(C)[nH]c2ccccc12. The Hall–Kier alpha value is -3.21. The van der Waals surface area contributed by atoms with Gasteiger partial charge in [-0.2, -0.15) is 0 Å². The summed E-state index contributed by atoms with van der Waals surface area (Å²) in [5, 5.41) is 5.61. The highest BCUT2D eigenvalue weighted by Crippen LogP contribution is 2.36. The fraction of sp³-hybridized carbons (Fsp3) is 0.292. The van der Waals surface area contributed by atoms with Crippen LogP contribution < -0.4 is 10.1 Å². The number of carbonyl (C=O) groups excluding carboxylic acids is 1. The summed E-state index contributed by atoms with van der Waals surface area (Å²) >= 11 is 0. The molecule has 1 aliphatic carbocycles. The quantitative estimate of drug-likeness (QED) is 0.475. The Morgan fingerprint density at radius 3 is 2.83 bits per heavy atom. The van der Waals surface area contributed by atoms with Gasteiger partial charge in [0.15, 0.2) is 0 Å². The third kappa shape index (κ3) is 3.07. The van der Waals surface area contributed by atoms with Crippen molar-refractivity contribution in [1.29, 1.82) is 0 Å². The molecule has 29 heavy (non-hydrogen) atoms. The van der Waals surface area contributed by atoms with Gasteiger partial charge in [0.1, 0.15) is 5.75 Å². The van der Waals surface area contributed by atoms with E-state index in [-0.39, 0.29) is 11.9 Å². The van der Waals surface area contributed by atoms with Crippen LogP contribution in [0.2, 0.25) is 0 Å². The lowest BCUT2D eigenvalue weighted by atomic mass is 9.91. The molecule has 5 rings (SSSR count). The predicted molar refractivity (Wildman–Crippen MR) is 115 cm³/mol. The van der Waals surface area contributed by atoms with Crippen molar-refractivity contribution >= 4 is 27.7 Å². The summed E-state index contributed by atoms with van der Waals surface area (Å²) in [6.45, 7) is 2.03. The fourth-order valence-corrected chi connectivity index (χ4v) is 4.68. The molecule has 148 valence electrons. The number of aryl methyl sites for hydroxylation is 2. The number of ether oxygens (including phenoxy) is 1. The molecule has 1 unspecified atom stereocenters. The van der Waals surface area contributed by atoms with Gasteiger partial charge >= 0.3 is 0 Å². The van der Waals surface area contributed by atoms with Gasteiger partial charge in [0.05, 0.1) is 19.6 Å². The standard InChI is InChI=1S/C24H25N3O2/c1-14-18(16-6-3-4-8-20(16)25-14)13-23(28)26-22-9-5-7-17-19-12-15(29-2)10-11-21(19)27-24(17)22/h3-4,6,8,10-12,22,25,27H,5,7,9,13H2,1-2H3,(H,26,28). The summed E-state index contributed by atoms with van der Waals surface area (Å²) in [5.41, 5.74) is 6.77. The second kappa shape index (κ2) is 6.99. The van der Waals surface area contributed by atoms with Crippen LogP contribution in [0.3, 0.4) is 0 Å². The lowest BCUT2D eigenvalue weighted by Crippen LogP contribution is -2.32. The lowest BCUT2D eigenvalue weighted by Gasteiger charge is -2.24. The van der Waals surface area contributed by atoms with E-state index in [1.165, 1.54) is 10.9 Å². The Morgan fingerprint density at radius 2 is 1.97 bits per heavy atom. The monoisotopic (exact) mass is 387 g/mol. The minimum Gasteiger partial charge on any atom is -0.497 e. The number of benzene rings is 2. The molecule has 0 aliphatic heterocycles. The minimum absolute atomic E-state index is 0.0233. The molecule has 0 radical (unpaired) electrons. The molecule has 5 heteroatoms. The highest BCUT2D eigenvalue weighted by molar-refractivity contribution is 5.91. The zero-order valence-corrected chi connectivity index (χ0v) is 16.8. The number of hydrogen-bond donors (Lipinski definition) is 3. The number of rotatable bonds is 4. The second-order valence-corrected chi connectivity index (χ2v) is 7.89. The first-order valence-corrected chi connectivity index (χ1v) is 10.2. The molecule has 4 aromatic rings. The predicted octanol–water partition coefficient (Wildman–Crippen LogP) is 4.70. The van der Waals surface area contributed by atoms with E-state index in [2.05, 4.69) is 39.6 Å².